The lowest BCUT2D eigenvalue weighted by Crippen LogP contribution is -2.08. The zero-order valence-electron chi connectivity index (χ0n) is 11.8. The van der Waals surface area contributed by atoms with Gasteiger partial charge >= 0.3 is 6.18 Å². The quantitative estimate of drug-likeness (QED) is 0.698. The summed E-state index contributed by atoms with van der Waals surface area (Å²) in [6.07, 6.45) is -4.36. The molecule has 0 atom stereocenters. The Morgan fingerprint density at radius 3 is 2.39 bits per heavy atom. The van der Waals surface area contributed by atoms with Crippen molar-refractivity contribution in [2.24, 2.45) is 0 Å². The predicted octanol–water partition coefficient (Wildman–Crippen LogP) is 4.78. The minimum atomic E-state index is -4.36. The highest BCUT2D eigenvalue weighted by molar-refractivity contribution is 7.98. The molecule has 0 aliphatic rings. The van der Waals surface area contributed by atoms with Crippen LogP contribution < -0.4 is 0 Å². The van der Waals surface area contributed by atoms with Gasteiger partial charge in [0.2, 0.25) is 5.16 Å². The van der Waals surface area contributed by atoms with Gasteiger partial charge in [0.05, 0.1) is 5.56 Å². The first kappa shape index (κ1) is 15.6. The van der Waals surface area contributed by atoms with Crippen molar-refractivity contribution in [1.82, 2.24) is 15.2 Å². The van der Waals surface area contributed by atoms with Gasteiger partial charge in [-0.1, -0.05) is 60.3 Å². The van der Waals surface area contributed by atoms with E-state index in [2.05, 4.69) is 15.2 Å². The Morgan fingerprint density at radius 1 is 0.957 bits per heavy atom. The highest BCUT2D eigenvalue weighted by Gasteiger charge is 2.32. The first-order valence-corrected chi connectivity index (χ1v) is 7.78. The number of benzene rings is 2. The summed E-state index contributed by atoms with van der Waals surface area (Å²) < 4.78 is 38.9. The van der Waals surface area contributed by atoms with Crippen molar-refractivity contribution in [3.8, 4) is 11.4 Å². The predicted molar refractivity (Wildman–Crippen MR) is 82.8 cm³/mol. The number of nitrogens with zero attached hydrogens (tertiary/aromatic N) is 2. The molecule has 0 radical (unpaired) electrons. The van der Waals surface area contributed by atoms with Crippen molar-refractivity contribution >= 4 is 11.8 Å². The minimum Gasteiger partial charge on any atom is -0.258 e. The Hall–Kier alpha value is -2.28. The highest BCUT2D eigenvalue weighted by Crippen LogP contribution is 2.34. The summed E-state index contributed by atoms with van der Waals surface area (Å²) in [6, 6.07) is 15.0. The molecule has 3 rings (SSSR count). The average Bonchev–Trinajstić information content (AvgIpc) is 3.02. The molecule has 0 saturated carbocycles. The van der Waals surface area contributed by atoms with Crippen LogP contribution in [0.3, 0.4) is 0 Å². The number of rotatable bonds is 4. The molecule has 1 N–H and O–H groups in total. The maximum Gasteiger partial charge on any atom is 0.416 e. The van der Waals surface area contributed by atoms with Gasteiger partial charge in [0.1, 0.15) is 0 Å². The third-order valence-electron chi connectivity index (χ3n) is 3.19. The first-order valence-electron chi connectivity index (χ1n) is 6.80. The SMILES string of the molecule is FC(F)(F)c1ccccc1CSc1n[nH]c(-c2ccccc2)n1. The topological polar surface area (TPSA) is 41.6 Å². The van der Waals surface area contributed by atoms with Gasteiger partial charge < -0.3 is 0 Å². The molecule has 3 nitrogen and oxygen atoms in total. The molecule has 118 valence electrons. The fourth-order valence-electron chi connectivity index (χ4n) is 2.10. The molecule has 1 aromatic heterocycles. The molecular weight excluding hydrogens is 323 g/mol. The number of hydrogen-bond donors (Lipinski definition) is 1. The van der Waals surface area contributed by atoms with Crippen molar-refractivity contribution in [3.05, 3.63) is 65.7 Å². The van der Waals surface area contributed by atoms with Crippen LogP contribution in [0.5, 0.6) is 0 Å². The summed E-state index contributed by atoms with van der Waals surface area (Å²) >= 11 is 1.17. The highest BCUT2D eigenvalue weighted by atomic mass is 32.2. The largest absolute Gasteiger partial charge is 0.416 e. The molecule has 0 aliphatic heterocycles. The van der Waals surface area contributed by atoms with Crippen molar-refractivity contribution in [1.29, 1.82) is 0 Å². The molecule has 23 heavy (non-hydrogen) atoms. The van der Waals surface area contributed by atoms with E-state index in [1.54, 1.807) is 6.07 Å². The van der Waals surface area contributed by atoms with Gasteiger partial charge in [-0.2, -0.15) is 13.2 Å². The lowest BCUT2D eigenvalue weighted by molar-refractivity contribution is -0.138. The maximum absolute atomic E-state index is 13.0. The number of aromatic amines is 1. The number of nitrogens with one attached hydrogen (secondary N) is 1. The van der Waals surface area contributed by atoms with E-state index in [1.165, 1.54) is 23.9 Å². The van der Waals surface area contributed by atoms with E-state index in [-0.39, 0.29) is 11.3 Å². The van der Waals surface area contributed by atoms with E-state index >= 15 is 0 Å². The molecule has 0 saturated heterocycles. The van der Waals surface area contributed by atoms with Crippen LogP contribution in [-0.2, 0) is 11.9 Å². The van der Waals surface area contributed by atoms with Crippen LogP contribution >= 0.6 is 11.8 Å². The van der Waals surface area contributed by atoms with Crippen LogP contribution in [0, 0.1) is 0 Å². The van der Waals surface area contributed by atoms with Crippen LogP contribution in [-0.4, -0.2) is 15.2 Å². The molecule has 0 aliphatic carbocycles. The van der Waals surface area contributed by atoms with Gasteiger partial charge in [-0.3, -0.25) is 5.10 Å². The van der Waals surface area contributed by atoms with Gasteiger partial charge in [0.25, 0.3) is 0 Å². The molecule has 0 bridgehead atoms. The minimum absolute atomic E-state index is 0.155. The molecule has 0 amide bonds. The first-order chi connectivity index (χ1) is 11.0. The monoisotopic (exact) mass is 335 g/mol. The Labute approximate surface area is 135 Å². The van der Waals surface area contributed by atoms with E-state index in [9.17, 15) is 13.2 Å². The summed E-state index contributed by atoms with van der Waals surface area (Å²) in [4.78, 5) is 4.30. The van der Waals surface area contributed by atoms with E-state index in [0.29, 0.717) is 11.0 Å². The molecule has 3 aromatic rings. The van der Waals surface area contributed by atoms with Crippen molar-refractivity contribution in [2.75, 3.05) is 0 Å². The Balaban J connectivity index is 1.74. The van der Waals surface area contributed by atoms with Crippen molar-refractivity contribution in [3.63, 3.8) is 0 Å². The van der Waals surface area contributed by atoms with E-state index < -0.39 is 11.7 Å². The molecular formula is C16H12F3N3S. The van der Waals surface area contributed by atoms with Crippen LogP contribution in [0.4, 0.5) is 13.2 Å². The second kappa shape index (κ2) is 6.45. The fraction of sp³-hybridized carbons (Fsp3) is 0.125. The number of H-pyrrole nitrogens is 1. The zero-order valence-corrected chi connectivity index (χ0v) is 12.7. The lowest BCUT2D eigenvalue weighted by Gasteiger charge is -2.11. The van der Waals surface area contributed by atoms with E-state index in [1.807, 2.05) is 30.3 Å². The number of thioether (sulfide) groups is 1. The fourth-order valence-corrected chi connectivity index (χ4v) is 2.90. The number of aromatic nitrogens is 3. The van der Waals surface area contributed by atoms with Crippen LogP contribution in [0.25, 0.3) is 11.4 Å². The summed E-state index contributed by atoms with van der Waals surface area (Å²) in [5.74, 6) is 0.749. The lowest BCUT2D eigenvalue weighted by atomic mass is 10.1. The normalized spacial score (nSPS) is 11.6. The summed E-state index contributed by atoms with van der Waals surface area (Å²) in [5.41, 5.74) is 0.477. The number of halogens is 3. The molecule has 0 spiro atoms. The third-order valence-corrected chi connectivity index (χ3v) is 4.09. The zero-order chi connectivity index (χ0) is 16.3. The second-order valence-corrected chi connectivity index (χ2v) is 5.72. The summed E-state index contributed by atoms with van der Waals surface area (Å²) in [5, 5.41) is 7.26. The van der Waals surface area contributed by atoms with Gasteiger partial charge in [-0.15, -0.1) is 5.10 Å². The van der Waals surface area contributed by atoms with Crippen LogP contribution in [0.2, 0.25) is 0 Å². The third kappa shape index (κ3) is 3.73. The van der Waals surface area contributed by atoms with Crippen LogP contribution in [0.1, 0.15) is 11.1 Å². The van der Waals surface area contributed by atoms with Gasteiger partial charge in [-0.25, -0.2) is 4.98 Å². The van der Waals surface area contributed by atoms with Gasteiger partial charge in [0, 0.05) is 11.3 Å². The number of hydrogen-bond acceptors (Lipinski definition) is 3. The summed E-state index contributed by atoms with van der Waals surface area (Å²) in [7, 11) is 0. The van der Waals surface area contributed by atoms with Gasteiger partial charge in [0.15, 0.2) is 5.82 Å². The average molecular weight is 335 g/mol. The van der Waals surface area contributed by atoms with E-state index in [0.717, 1.165) is 11.6 Å². The molecule has 2 aromatic carbocycles. The molecule has 0 unspecified atom stereocenters. The van der Waals surface area contributed by atoms with Crippen molar-refractivity contribution in [2.45, 2.75) is 17.1 Å². The standard InChI is InChI=1S/C16H12F3N3S/c17-16(18,19)13-9-5-4-8-12(13)10-23-15-20-14(21-22-15)11-6-2-1-3-7-11/h1-9H,10H2,(H,20,21,22). The van der Waals surface area contributed by atoms with Gasteiger partial charge in [-0.05, 0) is 11.6 Å². The van der Waals surface area contributed by atoms with Crippen molar-refractivity contribution < 1.29 is 13.2 Å². The van der Waals surface area contributed by atoms with Crippen LogP contribution in [0.15, 0.2) is 59.8 Å². The molecule has 1 heterocycles. The Bertz CT molecular complexity index is 785. The second-order valence-electron chi connectivity index (χ2n) is 4.78. The Morgan fingerprint density at radius 2 is 1.65 bits per heavy atom. The summed E-state index contributed by atoms with van der Waals surface area (Å²) in [6.45, 7) is 0. The maximum atomic E-state index is 13.0. The molecule has 7 heteroatoms. The van der Waals surface area contributed by atoms with E-state index in [4.69, 9.17) is 0 Å². The smallest absolute Gasteiger partial charge is 0.258 e. The molecule has 0 fully saturated rings. The number of alkyl halides is 3. The Kier molecular flexibility index (Phi) is 4.38.